The maximum absolute atomic E-state index is 12.6. The fraction of sp³-hybridized carbons (Fsp3) is 0.278. The molecule has 2 N–H and O–H groups in total. The number of carbonyl (C=O) groups excluding carboxylic acids is 1. The molecule has 26 heavy (non-hydrogen) atoms. The van der Waals surface area contributed by atoms with Gasteiger partial charge in [-0.3, -0.25) is 9.52 Å². The molecule has 1 aliphatic rings. The number of amides is 1. The quantitative estimate of drug-likeness (QED) is 0.753. The Labute approximate surface area is 157 Å². The van der Waals surface area contributed by atoms with Crippen LogP contribution < -0.4 is 14.8 Å². The molecule has 2 aromatic carbocycles. The lowest BCUT2D eigenvalue weighted by atomic mass is 10.2. The number of hydrogen-bond donors (Lipinski definition) is 2. The number of benzene rings is 2. The third-order valence-electron chi connectivity index (χ3n) is 3.82. The molecule has 1 fully saturated rings. The van der Waals surface area contributed by atoms with Crippen LogP contribution in [0, 0.1) is 0 Å². The molecule has 0 aliphatic heterocycles. The monoisotopic (exact) mass is 394 g/mol. The molecule has 2 aromatic rings. The average molecular weight is 395 g/mol. The van der Waals surface area contributed by atoms with Gasteiger partial charge in [-0.2, -0.15) is 0 Å². The van der Waals surface area contributed by atoms with Crippen LogP contribution in [0.2, 0.25) is 5.02 Å². The predicted octanol–water partition coefficient (Wildman–Crippen LogP) is 3.43. The van der Waals surface area contributed by atoms with E-state index in [1.165, 1.54) is 18.2 Å². The van der Waals surface area contributed by atoms with E-state index < -0.39 is 10.0 Å². The summed E-state index contributed by atoms with van der Waals surface area (Å²) < 4.78 is 33.0. The number of sulfonamides is 1. The van der Waals surface area contributed by atoms with Crippen molar-refractivity contribution in [2.45, 2.75) is 30.7 Å². The molecular weight excluding hydrogens is 376 g/mol. The zero-order valence-corrected chi connectivity index (χ0v) is 15.7. The Morgan fingerprint density at radius 2 is 1.88 bits per heavy atom. The van der Waals surface area contributed by atoms with Crippen LogP contribution >= 0.6 is 11.6 Å². The number of nitrogens with one attached hydrogen (secondary N) is 2. The third-order valence-corrected chi connectivity index (χ3v) is 5.53. The Bertz CT molecular complexity index is 909. The number of ether oxygens (including phenoxy) is 1. The number of halogens is 1. The topological polar surface area (TPSA) is 84.5 Å². The van der Waals surface area contributed by atoms with Gasteiger partial charge in [0, 0.05) is 11.7 Å². The van der Waals surface area contributed by atoms with E-state index in [1.54, 1.807) is 24.3 Å². The summed E-state index contributed by atoms with van der Waals surface area (Å²) in [5.74, 6) is 0.289. The number of carbonyl (C=O) groups is 1. The normalized spacial score (nSPS) is 13.9. The second kappa shape index (κ2) is 7.55. The van der Waals surface area contributed by atoms with Gasteiger partial charge in [-0.15, -0.1) is 0 Å². The molecule has 3 rings (SSSR count). The lowest BCUT2D eigenvalue weighted by Gasteiger charge is -2.11. The van der Waals surface area contributed by atoms with Gasteiger partial charge in [0.05, 0.1) is 22.1 Å². The molecule has 0 heterocycles. The van der Waals surface area contributed by atoms with E-state index in [0.29, 0.717) is 18.0 Å². The summed E-state index contributed by atoms with van der Waals surface area (Å²) in [5.41, 5.74) is 0.542. The van der Waals surface area contributed by atoms with Gasteiger partial charge in [0.1, 0.15) is 5.75 Å². The molecule has 1 saturated carbocycles. The first-order valence-corrected chi connectivity index (χ1v) is 10.1. The lowest BCUT2D eigenvalue weighted by molar-refractivity contribution is 0.0951. The summed E-state index contributed by atoms with van der Waals surface area (Å²) in [6.07, 6.45) is 1.86. The van der Waals surface area contributed by atoms with Gasteiger partial charge in [-0.25, -0.2) is 8.42 Å². The second-order valence-corrected chi connectivity index (χ2v) is 8.04. The minimum Gasteiger partial charge on any atom is -0.494 e. The number of anilines is 1. The Hall–Kier alpha value is -2.25. The smallest absolute Gasteiger partial charge is 0.261 e. The predicted molar refractivity (Wildman–Crippen MR) is 100 cm³/mol. The maximum Gasteiger partial charge on any atom is 0.261 e. The van der Waals surface area contributed by atoms with Crippen molar-refractivity contribution in [3.63, 3.8) is 0 Å². The van der Waals surface area contributed by atoms with Crippen LogP contribution in [0.1, 0.15) is 30.1 Å². The summed E-state index contributed by atoms with van der Waals surface area (Å²) in [4.78, 5) is 12.2. The van der Waals surface area contributed by atoms with Crippen molar-refractivity contribution in [3.8, 4) is 5.75 Å². The second-order valence-electron chi connectivity index (χ2n) is 5.95. The first-order valence-electron chi connectivity index (χ1n) is 8.25. The van der Waals surface area contributed by atoms with Crippen molar-refractivity contribution in [1.82, 2.24) is 5.32 Å². The first kappa shape index (κ1) is 18.5. The summed E-state index contributed by atoms with van der Waals surface area (Å²) in [6, 6.07) is 10.8. The van der Waals surface area contributed by atoms with Gasteiger partial charge in [0.15, 0.2) is 0 Å². The molecule has 1 amide bonds. The van der Waals surface area contributed by atoms with Crippen molar-refractivity contribution in [2.24, 2.45) is 0 Å². The summed E-state index contributed by atoms with van der Waals surface area (Å²) >= 11 is 6.06. The molecule has 0 radical (unpaired) electrons. The van der Waals surface area contributed by atoms with E-state index in [2.05, 4.69) is 10.0 Å². The van der Waals surface area contributed by atoms with Gasteiger partial charge in [0.2, 0.25) is 0 Å². The Kier molecular flexibility index (Phi) is 5.38. The highest BCUT2D eigenvalue weighted by atomic mass is 35.5. The summed E-state index contributed by atoms with van der Waals surface area (Å²) in [5, 5.41) is 3.02. The summed E-state index contributed by atoms with van der Waals surface area (Å²) in [7, 11) is -3.85. The molecule has 8 heteroatoms. The minimum atomic E-state index is -3.85. The van der Waals surface area contributed by atoms with E-state index in [4.69, 9.17) is 16.3 Å². The average Bonchev–Trinajstić information content (AvgIpc) is 3.40. The van der Waals surface area contributed by atoms with Gasteiger partial charge in [-0.1, -0.05) is 11.6 Å². The molecule has 138 valence electrons. The van der Waals surface area contributed by atoms with Gasteiger partial charge >= 0.3 is 0 Å². The zero-order chi connectivity index (χ0) is 18.7. The third kappa shape index (κ3) is 4.47. The Morgan fingerprint density at radius 1 is 1.19 bits per heavy atom. The minimum absolute atomic E-state index is 0.0308. The van der Waals surface area contributed by atoms with Crippen molar-refractivity contribution in [3.05, 3.63) is 53.1 Å². The zero-order valence-electron chi connectivity index (χ0n) is 14.2. The first-order chi connectivity index (χ1) is 12.4. The van der Waals surface area contributed by atoms with E-state index >= 15 is 0 Å². The van der Waals surface area contributed by atoms with Crippen LogP contribution in [0.5, 0.6) is 5.75 Å². The van der Waals surface area contributed by atoms with Gasteiger partial charge < -0.3 is 10.1 Å². The molecule has 0 atom stereocenters. The molecule has 6 nitrogen and oxygen atoms in total. The van der Waals surface area contributed by atoms with Crippen LogP contribution in [0.3, 0.4) is 0 Å². The van der Waals surface area contributed by atoms with E-state index in [9.17, 15) is 13.2 Å². The van der Waals surface area contributed by atoms with Crippen LogP contribution in [-0.2, 0) is 10.0 Å². The van der Waals surface area contributed by atoms with Crippen LogP contribution in [0.25, 0.3) is 0 Å². The highest BCUT2D eigenvalue weighted by molar-refractivity contribution is 7.92. The Balaban J connectivity index is 1.80. The largest absolute Gasteiger partial charge is 0.494 e. The molecule has 0 unspecified atom stereocenters. The fourth-order valence-electron chi connectivity index (χ4n) is 2.34. The van der Waals surface area contributed by atoms with Crippen molar-refractivity contribution >= 4 is 33.2 Å². The van der Waals surface area contributed by atoms with Gasteiger partial charge in [0.25, 0.3) is 15.9 Å². The molecule has 0 bridgehead atoms. The lowest BCUT2D eigenvalue weighted by Crippen LogP contribution is -2.26. The molecule has 0 saturated heterocycles. The standard InChI is InChI=1S/C18H19ClN2O4S/c1-2-25-14-7-5-13(6-8-14)21-26(23,24)15-9-10-17(19)16(11-15)18(22)20-12-3-4-12/h5-12,21H,2-4H2,1H3,(H,20,22). The molecular formula is C18H19ClN2O4S. The molecule has 0 spiro atoms. The van der Waals surface area contributed by atoms with Crippen LogP contribution in [0.15, 0.2) is 47.4 Å². The highest BCUT2D eigenvalue weighted by Gasteiger charge is 2.26. The van der Waals surface area contributed by atoms with E-state index in [1.807, 2.05) is 6.92 Å². The van der Waals surface area contributed by atoms with Crippen LogP contribution in [0.4, 0.5) is 5.69 Å². The molecule has 1 aliphatic carbocycles. The highest BCUT2D eigenvalue weighted by Crippen LogP contribution is 2.25. The van der Waals surface area contributed by atoms with Crippen LogP contribution in [-0.4, -0.2) is 27.0 Å². The van der Waals surface area contributed by atoms with Crippen molar-refractivity contribution in [1.29, 1.82) is 0 Å². The number of rotatable bonds is 7. The van der Waals surface area contributed by atoms with E-state index in [-0.39, 0.29) is 27.4 Å². The summed E-state index contributed by atoms with van der Waals surface area (Å²) in [6.45, 7) is 2.40. The number of hydrogen-bond acceptors (Lipinski definition) is 4. The fourth-order valence-corrected chi connectivity index (χ4v) is 3.62. The Morgan fingerprint density at radius 3 is 2.50 bits per heavy atom. The van der Waals surface area contributed by atoms with Crippen molar-refractivity contribution < 1.29 is 17.9 Å². The molecule has 0 aromatic heterocycles. The van der Waals surface area contributed by atoms with Gasteiger partial charge in [-0.05, 0) is 62.2 Å². The maximum atomic E-state index is 12.6. The SMILES string of the molecule is CCOc1ccc(NS(=O)(=O)c2ccc(Cl)c(C(=O)NC3CC3)c2)cc1. The van der Waals surface area contributed by atoms with E-state index in [0.717, 1.165) is 12.8 Å². The van der Waals surface area contributed by atoms with Crippen molar-refractivity contribution in [2.75, 3.05) is 11.3 Å².